The van der Waals surface area contributed by atoms with Crippen molar-refractivity contribution < 1.29 is 49.1 Å². The summed E-state index contributed by atoms with van der Waals surface area (Å²) in [5, 5.41) is 0. The molecule has 0 saturated carbocycles. The van der Waals surface area contributed by atoms with Crippen LogP contribution in [-0.2, 0) is 25.7 Å². The second kappa shape index (κ2) is 8.18. The van der Waals surface area contributed by atoms with Crippen LogP contribution in [0.15, 0.2) is 29.2 Å². The fourth-order valence-electron chi connectivity index (χ4n) is 2.45. The SMILES string of the molecule is O=CC(OC(=O)N1CCN(S(=O)(=O)c2cccc(C(F)(F)F)c2)CC1)C(F)(F)F. The Morgan fingerprint density at radius 2 is 1.66 bits per heavy atom. The van der Waals surface area contributed by atoms with Gasteiger partial charge in [0.1, 0.15) is 0 Å². The van der Waals surface area contributed by atoms with E-state index >= 15 is 0 Å². The molecule has 1 unspecified atom stereocenters. The molecule has 1 aromatic carbocycles. The predicted octanol–water partition coefficient (Wildman–Crippen LogP) is 2.28. The maximum Gasteiger partial charge on any atom is 0.432 e. The number of amides is 1. The fourth-order valence-corrected chi connectivity index (χ4v) is 3.92. The molecule has 14 heteroatoms. The number of piperazine rings is 1. The lowest BCUT2D eigenvalue weighted by Crippen LogP contribution is -2.52. The van der Waals surface area contributed by atoms with Crippen LogP contribution in [0.5, 0.6) is 0 Å². The lowest BCUT2D eigenvalue weighted by atomic mass is 10.2. The zero-order valence-electron chi connectivity index (χ0n) is 14.4. The van der Waals surface area contributed by atoms with Gasteiger partial charge in [-0.25, -0.2) is 13.2 Å². The van der Waals surface area contributed by atoms with Crippen LogP contribution in [0.2, 0.25) is 0 Å². The van der Waals surface area contributed by atoms with Crippen LogP contribution in [0.4, 0.5) is 31.1 Å². The number of rotatable bonds is 4. The Labute approximate surface area is 160 Å². The molecule has 0 bridgehead atoms. The van der Waals surface area contributed by atoms with Crippen LogP contribution in [-0.4, -0.2) is 68.5 Å². The summed E-state index contributed by atoms with van der Waals surface area (Å²) < 4.78 is 106. The van der Waals surface area contributed by atoms with Crippen molar-refractivity contribution in [2.24, 2.45) is 0 Å². The van der Waals surface area contributed by atoms with Crippen molar-refractivity contribution in [3.8, 4) is 0 Å². The first-order valence-electron chi connectivity index (χ1n) is 7.92. The van der Waals surface area contributed by atoms with E-state index < -0.39 is 51.3 Å². The van der Waals surface area contributed by atoms with Gasteiger partial charge >= 0.3 is 18.4 Å². The summed E-state index contributed by atoms with van der Waals surface area (Å²) in [5.74, 6) is 0. The van der Waals surface area contributed by atoms with E-state index in [1.165, 1.54) is 0 Å². The van der Waals surface area contributed by atoms with Gasteiger partial charge in [0.15, 0.2) is 6.29 Å². The van der Waals surface area contributed by atoms with Gasteiger partial charge < -0.3 is 9.64 Å². The Morgan fingerprint density at radius 1 is 1.07 bits per heavy atom. The zero-order chi connectivity index (χ0) is 22.0. The highest BCUT2D eigenvalue weighted by molar-refractivity contribution is 7.89. The van der Waals surface area contributed by atoms with Gasteiger partial charge in [-0.3, -0.25) is 4.79 Å². The average molecular weight is 448 g/mol. The number of aldehydes is 1. The summed E-state index contributed by atoms with van der Waals surface area (Å²) in [4.78, 5) is 22.3. The van der Waals surface area contributed by atoms with Crippen molar-refractivity contribution in [3.63, 3.8) is 0 Å². The summed E-state index contributed by atoms with van der Waals surface area (Å²) in [5.41, 5.74) is -1.16. The lowest BCUT2D eigenvalue weighted by Gasteiger charge is -2.34. The monoisotopic (exact) mass is 448 g/mol. The molecule has 1 aliphatic rings. The first kappa shape index (κ1) is 22.9. The second-order valence-corrected chi connectivity index (χ2v) is 7.84. The second-order valence-electron chi connectivity index (χ2n) is 5.90. The molecular weight excluding hydrogens is 434 g/mol. The molecule has 1 fully saturated rings. The number of halogens is 6. The molecule has 1 aliphatic heterocycles. The van der Waals surface area contributed by atoms with Crippen LogP contribution in [0.3, 0.4) is 0 Å². The smallest absolute Gasteiger partial charge is 0.429 e. The molecule has 2 rings (SSSR count). The highest BCUT2D eigenvalue weighted by Crippen LogP contribution is 2.31. The molecule has 162 valence electrons. The van der Waals surface area contributed by atoms with E-state index in [4.69, 9.17) is 0 Å². The van der Waals surface area contributed by atoms with Crippen LogP contribution >= 0.6 is 0 Å². The van der Waals surface area contributed by atoms with E-state index in [1.807, 2.05) is 0 Å². The molecule has 1 atom stereocenters. The minimum atomic E-state index is -5.09. The molecule has 1 saturated heterocycles. The third-order valence-electron chi connectivity index (χ3n) is 3.97. The third-order valence-corrected chi connectivity index (χ3v) is 5.86. The molecule has 0 spiro atoms. The van der Waals surface area contributed by atoms with Gasteiger partial charge in [0.2, 0.25) is 10.0 Å². The summed E-state index contributed by atoms with van der Waals surface area (Å²) in [6.07, 6.45) is -14.8. The van der Waals surface area contributed by atoms with E-state index in [0.717, 1.165) is 21.3 Å². The van der Waals surface area contributed by atoms with Gasteiger partial charge in [-0.2, -0.15) is 30.6 Å². The Balaban J connectivity index is 2.07. The number of carbonyl (C=O) groups excluding carboxylic acids is 2. The van der Waals surface area contributed by atoms with Crippen LogP contribution in [0.1, 0.15) is 5.56 Å². The minimum Gasteiger partial charge on any atom is -0.429 e. The molecule has 0 N–H and O–H groups in total. The number of alkyl halides is 6. The van der Waals surface area contributed by atoms with E-state index in [0.29, 0.717) is 12.1 Å². The van der Waals surface area contributed by atoms with Crippen LogP contribution in [0, 0.1) is 0 Å². The molecule has 0 aliphatic carbocycles. The topological polar surface area (TPSA) is 84.0 Å². The van der Waals surface area contributed by atoms with E-state index in [-0.39, 0.29) is 26.2 Å². The summed E-state index contributed by atoms with van der Waals surface area (Å²) in [7, 11) is -4.33. The Kier molecular flexibility index (Phi) is 6.47. The first-order valence-corrected chi connectivity index (χ1v) is 9.36. The van der Waals surface area contributed by atoms with E-state index in [9.17, 15) is 44.3 Å². The molecule has 1 amide bonds. The number of carbonyl (C=O) groups is 2. The number of benzene rings is 1. The summed E-state index contributed by atoms with van der Waals surface area (Å²) >= 11 is 0. The van der Waals surface area contributed by atoms with Gasteiger partial charge in [0.05, 0.1) is 10.5 Å². The van der Waals surface area contributed by atoms with Gasteiger partial charge in [-0.05, 0) is 18.2 Å². The van der Waals surface area contributed by atoms with Crippen LogP contribution in [0.25, 0.3) is 0 Å². The Hall–Kier alpha value is -2.35. The molecule has 1 aromatic rings. The van der Waals surface area contributed by atoms with Crippen LogP contribution < -0.4 is 0 Å². The normalized spacial score (nSPS) is 17.7. The predicted molar refractivity (Wildman–Crippen MR) is 84.2 cm³/mol. The quantitative estimate of drug-likeness (QED) is 0.522. The number of sulfonamides is 1. The number of nitrogens with zero attached hydrogens (tertiary/aromatic N) is 2. The van der Waals surface area contributed by atoms with Gasteiger partial charge in [0, 0.05) is 26.2 Å². The van der Waals surface area contributed by atoms with Crippen molar-refractivity contribution in [1.29, 1.82) is 0 Å². The van der Waals surface area contributed by atoms with Crippen molar-refractivity contribution >= 4 is 22.4 Å². The van der Waals surface area contributed by atoms with Crippen molar-refractivity contribution in [2.45, 2.75) is 23.4 Å². The highest BCUT2D eigenvalue weighted by Gasteiger charge is 2.44. The average Bonchev–Trinajstić information content (AvgIpc) is 2.64. The van der Waals surface area contributed by atoms with Crippen molar-refractivity contribution in [3.05, 3.63) is 29.8 Å². The molecule has 0 radical (unpaired) electrons. The highest BCUT2D eigenvalue weighted by atomic mass is 32.2. The lowest BCUT2D eigenvalue weighted by molar-refractivity contribution is -0.199. The van der Waals surface area contributed by atoms with E-state index in [2.05, 4.69) is 4.74 Å². The largest absolute Gasteiger partial charge is 0.432 e. The van der Waals surface area contributed by atoms with Crippen molar-refractivity contribution in [2.75, 3.05) is 26.2 Å². The minimum absolute atomic E-state index is 0.375. The van der Waals surface area contributed by atoms with E-state index in [1.54, 1.807) is 0 Å². The van der Waals surface area contributed by atoms with Gasteiger partial charge in [0.25, 0.3) is 6.10 Å². The van der Waals surface area contributed by atoms with Crippen molar-refractivity contribution in [1.82, 2.24) is 9.21 Å². The molecular formula is C15H14F6N2O5S. The first-order chi connectivity index (χ1) is 13.3. The molecule has 1 heterocycles. The standard InChI is InChI=1S/C15H14F6N2O5S/c16-14(17,18)10-2-1-3-11(8-10)29(26,27)23-6-4-22(5-7-23)13(25)28-12(9-24)15(19,20)21/h1-3,8-9,12H,4-7H2. The van der Waals surface area contributed by atoms with Gasteiger partial charge in [-0.15, -0.1) is 0 Å². The summed E-state index contributed by atoms with van der Waals surface area (Å²) in [6, 6.07) is 3.08. The molecule has 7 nitrogen and oxygen atoms in total. The fraction of sp³-hybridized carbons (Fsp3) is 0.467. The molecule has 0 aromatic heterocycles. The number of ether oxygens (including phenoxy) is 1. The Bertz CT molecular complexity index is 863. The maximum absolute atomic E-state index is 12.8. The number of hydrogen-bond acceptors (Lipinski definition) is 5. The van der Waals surface area contributed by atoms with Gasteiger partial charge in [-0.1, -0.05) is 6.07 Å². The Morgan fingerprint density at radius 3 is 2.14 bits per heavy atom. The zero-order valence-corrected chi connectivity index (χ0v) is 15.2. The third kappa shape index (κ3) is 5.38. The molecule has 29 heavy (non-hydrogen) atoms. The maximum atomic E-state index is 12.8. The number of hydrogen-bond donors (Lipinski definition) is 0. The summed E-state index contributed by atoms with van der Waals surface area (Å²) in [6.45, 7) is -1.52.